The van der Waals surface area contributed by atoms with Crippen molar-refractivity contribution in [1.82, 2.24) is 0 Å². The Labute approximate surface area is 153 Å². The zero-order chi connectivity index (χ0) is 19.6. The summed E-state index contributed by atoms with van der Waals surface area (Å²) in [5, 5.41) is 16.7. The minimum absolute atomic E-state index is 0.185. The zero-order valence-electron chi connectivity index (χ0n) is 15.2. The van der Waals surface area contributed by atoms with Crippen LogP contribution >= 0.6 is 0 Å². The van der Waals surface area contributed by atoms with Gasteiger partial charge < -0.3 is 19.7 Å². The Bertz CT molecular complexity index is 377. The van der Waals surface area contributed by atoms with E-state index in [-0.39, 0.29) is 38.0 Å². The SMILES string of the molecule is O=C(O)CCCCCCCCC(=O)O.O=C1CCCCC(=O)OCCO1. The first-order valence-electron chi connectivity index (χ1n) is 9.16. The van der Waals surface area contributed by atoms with Gasteiger partial charge in [0.25, 0.3) is 0 Å². The van der Waals surface area contributed by atoms with E-state index in [0.29, 0.717) is 25.7 Å². The normalized spacial score (nSPS) is 15.1. The summed E-state index contributed by atoms with van der Waals surface area (Å²) < 4.78 is 9.50. The van der Waals surface area contributed by atoms with Crippen LogP contribution in [0.15, 0.2) is 0 Å². The van der Waals surface area contributed by atoms with E-state index in [9.17, 15) is 19.2 Å². The number of cyclic esters (lactones) is 2. The molecular formula is C18H30O8. The molecule has 2 N–H and O–H groups in total. The second-order valence-corrected chi connectivity index (χ2v) is 6.06. The molecule has 0 aromatic rings. The van der Waals surface area contributed by atoms with Crippen molar-refractivity contribution in [1.29, 1.82) is 0 Å². The summed E-state index contributed by atoms with van der Waals surface area (Å²) >= 11 is 0. The largest absolute Gasteiger partial charge is 0.481 e. The molecule has 1 fully saturated rings. The van der Waals surface area contributed by atoms with E-state index in [1.807, 2.05) is 0 Å². The van der Waals surface area contributed by atoms with Crippen molar-refractivity contribution in [2.75, 3.05) is 13.2 Å². The highest BCUT2D eigenvalue weighted by atomic mass is 16.6. The molecule has 0 unspecified atom stereocenters. The van der Waals surface area contributed by atoms with E-state index in [1.165, 1.54) is 0 Å². The molecule has 0 atom stereocenters. The minimum atomic E-state index is -0.740. The van der Waals surface area contributed by atoms with Gasteiger partial charge in [-0.25, -0.2) is 0 Å². The van der Waals surface area contributed by atoms with Crippen LogP contribution < -0.4 is 0 Å². The van der Waals surface area contributed by atoms with Gasteiger partial charge in [0, 0.05) is 25.7 Å². The lowest BCUT2D eigenvalue weighted by atomic mass is 10.1. The molecule has 1 aliphatic heterocycles. The molecule has 1 rings (SSSR count). The van der Waals surface area contributed by atoms with Gasteiger partial charge >= 0.3 is 23.9 Å². The average molecular weight is 374 g/mol. The van der Waals surface area contributed by atoms with Crippen LogP contribution in [0.1, 0.15) is 77.0 Å². The minimum Gasteiger partial charge on any atom is -0.481 e. The van der Waals surface area contributed by atoms with Crippen LogP contribution in [0.2, 0.25) is 0 Å². The molecule has 8 nitrogen and oxygen atoms in total. The summed E-state index contributed by atoms with van der Waals surface area (Å²) in [7, 11) is 0. The number of carbonyl (C=O) groups is 4. The van der Waals surface area contributed by atoms with Crippen LogP contribution in [-0.2, 0) is 28.7 Å². The molecule has 0 spiro atoms. The summed E-state index contributed by atoms with van der Waals surface area (Å²) in [5.74, 6) is -1.88. The lowest BCUT2D eigenvalue weighted by Gasteiger charge is -2.08. The third-order valence-corrected chi connectivity index (χ3v) is 3.65. The predicted octanol–water partition coefficient (Wildman–Crippen LogP) is 2.92. The van der Waals surface area contributed by atoms with E-state index in [0.717, 1.165) is 38.5 Å². The topological polar surface area (TPSA) is 127 Å². The maximum Gasteiger partial charge on any atom is 0.305 e. The second kappa shape index (κ2) is 16.4. The van der Waals surface area contributed by atoms with Gasteiger partial charge in [0.1, 0.15) is 13.2 Å². The summed E-state index contributed by atoms with van der Waals surface area (Å²) in [6.07, 6.45) is 8.05. The molecule has 0 radical (unpaired) electrons. The number of hydrogen-bond donors (Lipinski definition) is 2. The first kappa shape index (κ1) is 23.9. The van der Waals surface area contributed by atoms with E-state index >= 15 is 0 Å². The molecule has 0 aromatic carbocycles. The number of unbranched alkanes of at least 4 members (excludes halogenated alkanes) is 5. The van der Waals surface area contributed by atoms with Gasteiger partial charge in [0.15, 0.2) is 0 Å². The standard InChI is InChI=1S/C10H18O4.C8H12O4/c11-9(12)7-5-3-1-2-4-6-8-10(13)14;9-7-3-1-2-4-8(10)12-6-5-11-7/h1-8H2,(H,11,12)(H,13,14);1-6H2. The Balaban J connectivity index is 0.000000485. The van der Waals surface area contributed by atoms with Crippen LogP contribution in [0.4, 0.5) is 0 Å². The van der Waals surface area contributed by atoms with E-state index in [2.05, 4.69) is 0 Å². The van der Waals surface area contributed by atoms with Crippen LogP contribution in [0.5, 0.6) is 0 Å². The smallest absolute Gasteiger partial charge is 0.305 e. The Hall–Kier alpha value is -2.12. The van der Waals surface area contributed by atoms with E-state index < -0.39 is 11.9 Å². The van der Waals surface area contributed by atoms with Gasteiger partial charge in [-0.05, 0) is 25.7 Å². The summed E-state index contributed by atoms with van der Waals surface area (Å²) in [5.41, 5.74) is 0. The molecule has 0 aromatic heterocycles. The third-order valence-electron chi connectivity index (χ3n) is 3.65. The lowest BCUT2D eigenvalue weighted by Crippen LogP contribution is -2.15. The fourth-order valence-electron chi connectivity index (χ4n) is 2.25. The predicted molar refractivity (Wildman–Crippen MR) is 92.6 cm³/mol. The summed E-state index contributed by atoms with van der Waals surface area (Å²) in [6, 6.07) is 0. The molecule has 150 valence electrons. The highest BCUT2D eigenvalue weighted by Gasteiger charge is 2.08. The molecule has 0 aliphatic carbocycles. The Morgan fingerprint density at radius 3 is 1.38 bits per heavy atom. The van der Waals surface area contributed by atoms with Crippen molar-refractivity contribution in [2.24, 2.45) is 0 Å². The van der Waals surface area contributed by atoms with Gasteiger partial charge in [-0.3, -0.25) is 19.2 Å². The van der Waals surface area contributed by atoms with Crippen molar-refractivity contribution < 1.29 is 38.9 Å². The number of esters is 2. The number of rotatable bonds is 9. The van der Waals surface area contributed by atoms with E-state index in [1.54, 1.807) is 0 Å². The highest BCUT2D eigenvalue weighted by molar-refractivity contribution is 5.71. The first-order valence-corrected chi connectivity index (χ1v) is 9.16. The molecule has 0 saturated carbocycles. The second-order valence-electron chi connectivity index (χ2n) is 6.06. The lowest BCUT2D eigenvalue weighted by molar-refractivity contribution is -0.153. The van der Waals surface area contributed by atoms with Crippen molar-refractivity contribution in [3.63, 3.8) is 0 Å². The van der Waals surface area contributed by atoms with Crippen molar-refractivity contribution in [2.45, 2.75) is 77.0 Å². The van der Waals surface area contributed by atoms with Crippen molar-refractivity contribution in [3.8, 4) is 0 Å². The van der Waals surface area contributed by atoms with Gasteiger partial charge in [0.05, 0.1) is 0 Å². The number of carboxylic acids is 2. The molecule has 1 saturated heterocycles. The fourth-order valence-corrected chi connectivity index (χ4v) is 2.25. The van der Waals surface area contributed by atoms with Crippen LogP contribution in [0.3, 0.4) is 0 Å². The van der Waals surface area contributed by atoms with Gasteiger partial charge in [-0.1, -0.05) is 25.7 Å². The Morgan fingerprint density at radius 2 is 1.04 bits per heavy atom. The molecule has 0 amide bonds. The molecule has 8 heteroatoms. The van der Waals surface area contributed by atoms with Crippen LogP contribution in [-0.4, -0.2) is 47.3 Å². The number of hydrogen-bond acceptors (Lipinski definition) is 6. The van der Waals surface area contributed by atoms with E-state index in [4.69, 9.17) is 19.7 Å². The maximum absolute atomic E-state index is 10.8. The Morgan fingerprint density at radius 1 is 0.692 bits per heavy atom. The van der Waals surface area contributed by atoms with Crippen LogP contribution in [0.25, 0.3) is 0 Å². The molecule has 0 bridgehead atoms. The number of ether oxygens (including phenoxy) is 2. The number of carboxylic acid groups (broad SMARTS) is 2. The fraction of sp³-hybridized carbons (Fsp3) is 0.778. The Kier molecular flexibility index (Phi) is 15.0. The van der Waals surface area contributed by atoms with Crippen molar-refractivity contribution in [3.05, 3.63) is 0 Å². The quantitative estimate of drug-likeness (QED) is 0.466. The molecular weight excluding hydrogens is 344 g/mol. The number of aliphatic carboxylic acids is 2. The van der Waals surface area contributed by atoms with Gasteiger partial charge in [-0.15, -0.1) is 0 Å². The molecule has 26 heavy (non-hydrogen) atoms. The monoisotopic (exact) mass is 374 g/mol. The number of carbonyl (C=O) groups excluding carboxylic acids is 2. The van der Waals surface area contributed by atoms with Crippen molar-refractivity contribution >= 4 is 23.9 Å². The third kappa shape index (κ3) is 18.2. The molecule has 1 aliphatic rings. The molecule has 1 heterocycles. The first-order chi connectivity index (χ1) is 12.4. The average Bonchev–Trinajstić information content (AvgIpc) is 2.58. The maximum atomic E-state index is 10.8. The zero-order valence-corrected chi connectivity index (χ0v) is 15.2. The van der Waals surface area contributed by atoms with Gasteiger partial charge in [0.2, 0.25) is 0 Å². The van der Waals surface area contributed by atoms with Crippen LogP contribution in [0, 0.1) is 0 Å². The summed E-state index contributed by atoms with van der Waals surface area (Å²) in [6.45, 7) is 0.370. The highest BCUT2D eigenvalue weighted by Crippen LogP contribution is 2.08. The van der Waals surface area contributed by atoms with Gasteiger partial charge in [-0.2, -0.15) is 0 Å². The summed E-state index contributed by atoms with van der Waals surface area (Å²) in [4.78, 5) is 41.9.